The van der Waals surface area contributed by atoms with Crippen LogP contribution in [0.4, 0.5) is 4.39 Å². The van der Waals surface area contributed by atoms with Gasteiger partial charge in [0.1, 0.15) is 12.1 Å². The minimum Gasteiger partial charge on any atom is -0.478 e. The Bertz CT molecular complexity index is 617. The van der Waals surface area contributed by atoms with Gasteiger partial charge >= 0.3 is 5.97 Å². The average molecular weight is 262 g/mol. The van der Waals surface area contributed by atoms with E-state index >= 15 is 0 Å². The minimum atomic E-state index is -1.08. The monoisotopic (exact) mass is 262 g/mol. The second kappa shape index (κ2) is 5.43. The lowest BCUT2D eigenvalue weighted by Gasteiger charge is -2.07. The summed E-state index contributed by atoms with van der Waals surface area (Å²) in [4.78, 5) is 18.3. The van der Waals surface area contributed by atoms with E-state index in [4.69, 9.17) is 9.84 Å². The number of ether oxygens (including phenoxy) is 1. The number of carboxylic acids is 1. The predicted molar refractivity (Wildman–Crippen MR) is 64.8 cm³/mol. The van der Waals surface area contributed by atoms with Crippen molar-refractivity contribution in [2.24, 2.45) is 0 Å². The van der Waals surface area contributed by atoms with Gasteiger partial charge in [-0.25, -0.2) is 9.78 Å². The van der Waals surface area contributed by atoms with Crippen LogP contribution in [0.2, 0.25) is 0 Å². The first kappa shape index (κ1) is 12.9. The number of hydrogen-bond acceptors (Lipinski definition) is 4. The molecule has 98 valence electrons. The summed E-state index contributed by atoms with van der Waals surface area (Å²) in [5.74, 6) is -1.72. The van der Waals surface area contributed by atoms with E-state index in [1.165, 1.54) is 30.6 Å². The van der Waals surface area contributed by atoms with Crippen molar-refractivity contribution in [3.05, 3.63) is 47.7 Å². The molecule has 19 heavy (non-hydrogen) atoms. The molecule has 0 spiro atoms. The molecule has 1 heterocycles. The predicted octanol–water partition coefficient (Wildman–Crippen LogP) is 2.67. The van der Waals surface area contributed by atoms with E-state index in [2.05, 4.69) is 9.97 Å². The molecule has 0 fully saturated rings. The number of aryl methyl sites for hydroxylation is 1. The van der Waals surface area contributed by atoms with E-state index in [0.29, 0.717) is 6.42 Å². The Morgan fingerprint density at radius 1 is 1.42 bits per heavy atom. The summed E-state index contributed by atoms with van der Waals surface area (Å²) in [6, 6.07) is 5.76. The first-order chi connectivity index (χ1) is 9.11. The summed E-state index contributed by atoms with van der Waals surface area (Å²) in [6.07, 6.45) is 1.62. The highest BCUT2D eigenvalue weighted by Gasteiger charge is 2.12. The van der Waals surface area contributed by atoms with Crippen molar-refractivity contribution in [3.63, 3.8) is 0 Å². The third-order valence-electron chi connectivity index (χ3n) is 2.46. The summed E-state index contributed by atoms with van der Waals surface area (Å²) in [6.45, 7) is 1.76. The number of nitrogens with zero attached hydrogens (tertiary/aromatic N) is 2. The second-order valence-corrected chi connectivity index (χ2v) is 3.73. The number of benzene rings is 1. The zero-order valence-electron chi connectivity index (χ0n) is 10.1. The molecule has 0 amide bonds. The molecular weight excluding hydrogens is 251 g/mol. The molecule has 0 radical (unpaired) electrons. The van der Waals surface area contributed by atoms with Gasteiger partial charge in [-0.15, -0.1) is 0 Å². The lowest BCUT2D eigenvalue weighted by atomic mass is 10.2. The van der Waals surface area contributed by atoms with Crippen LogP contribution < -0.4 is 4.74 Å². The summed E-state index contributed by atoms with van der Waals surface area (Å²) in [7, 11) is 0. The number of hydrogen-bond donors (Lipinski definition) is 1. The van der Waals surface area contributed by atoms with Gasteiger partial charge in [-0.2, -0.15) is 9.37 Å². The van der Waals surface area contributed by atoms with Gasteiger partial charge in [0.05, 0.1) is 11.3 Å². The van der Waals surface area contributed by atoms with Crippen molar-refractivity contribution >= 4 is 5.97 Å². The normalized spacial score (nSPS) is 10.2. The topological polar surface area (TPSA) is 72.3 Å². The first-order valence-electron chi connectivity index (χ1n) is 5.62. The Hall–Kier alpha value is -2.50. The van der Waals surface area contributed by atoms with E-state index in [1.807, 2.05) is 0 Å². The van der Waals surface area contributed by atoms with Crippen LogP contribution in [-0.4, -0.2) is 21.0 Å². The molecule has 0 aliphatic heterocycles. The van der Waals surface area contributed by atoms with Gasteiger partial charge in [-0.3, -0.25) is 0 Å². The smallest absolute Gasteiger partial charge is 0.335 e. The molecule has 0 atom stereocenters. The largest absolute Gasteiger partial charge is 0.478 e. The second-order valence-electron chi connectivity index (χ2n) is 3.73. The van der Waals surface area contributed by atoms with Crippen LogP contribution >= 0.6 is 0 Å². The van der Waals surface area contributed by atoms with Crippen molar-refractivity contribution in [2.45, 2.75) is 13.3 Å². The van der Waals surface area contributed by atoms with Gasteiger partial charge in [-0.05, 0) is 24.6 Å². The first-order valence-corrected chi connectivity index (χ1v) is 5.62. The molecule has 6 heteroatoms. The van der Waals surface area contributed by atoms with Gasteiger partial charge < -0.3 is 9.84 Å². The van der Waals surface area contributed by atoms with Crippen LogP contribution in [0, 0.1) is 5.82 Å². The van der Waals surface area contributed by atoms with E-state index in [0.717, 1.165) is 0 Å². The van der Waals surface area contributed by atoms with Crippen LogP contribution in [0.25, 0.3) is 0 Å². The number of rotatable bonds is 4. The molecule has 1 aromatic heterocycles. The van der Waals surface area contributed by atoms with Gasteiger partial charge in [0, 0.05) is 0 Å². The summed E-state index contributed by atoms with van der Waals surface area (Å²) < 4.78 is 19.1. The highest BCUT2D eigenvalue weighted by molar-refractivity contribution is 5.88. The zero-order chi connectivity index (χ0) is 13.8. The zero-order valence-corrected chi connectivity index (χ0v) is 10.1. The molecule has 0 aliphatic rings. The maximum absolute atomic E-state index is 13.9. The Morgan fingerprint density at radius 2 is 2.21 bits per heavy atom. The van der Waals surface area contributed by atoms with Crippen LogP contribution in [0.1, 0.15) is 23.0 Å². The standard InChI is InChI=1S/C13H11FN2O3/c1-2-10-11(14)12(16-7-15-10)19-9-5-3-4-8(6-9)13(17)18/h3-7H,2H2,1H3,(H,17,18). The molecular formula is C13H11FN2O3. The van der Waals surface area contributed by atoms with Gasteiger partial charge in [-0.1, -0.05) is 13.0 Å². The van der Waals surface area contributed by atoms with E-state index in [9.17, 15) is 9.18 Å². The summed E-state index contributed by atoms with van der Waals surface area (Å²) in [5, 5.41) is 8.86. The lowest BCUT2D eigenvalue weighted by Crippen LogP contribution is -2.00. The van der Waals surface area contributed by atoms with Crippen molar-refractivity contribution in [1.29, 1.82) is 0 Å². The Balaban J connectivity index is 2.31. The number of carboxylic acid groups (broad SMARTS) is 1. The number of halogens is 1. The van der Waals surface area contributed by atoms with Gasteiger partial charge in [0.25, 0.3) is 5.88 Å². The van der Waals surface area contributed by atoms with Crippen LogP contribution in [0.5, 0.6) is 11.6 Å². The quantitative estimate of drug-likeness (QED) is 0.917. The van der Waals surface area contributed by atoms with Crippen LogP contribution in [0.3, 0.4) is 0 Å². The average Bonchev–Trinajstić information content (AvgIpc) is 2.41. The highest BCUT2D eigenvalue weighted by atomic mass is 19.1. The highest BCUT2D eigenvalue weighted by Crippen LogP contribution is 2.24. The fraction of sp³-hybridized carbons (Fsp3) is 0.154. The molecule has 2 rings (SSSR count). The minimum absolute atomic E-state index is 0.0580. The fourth-order valence-electron chi connectivity index (χ4n) is 1.51. The molecule has 0 saturated heterocycles. The van der Waals surface area contributed by atoms with Crippen LogP contribution in [-0.2, 0) is 6.42 Å². The Labute approximate surface area is 108 Å². The van der Waals surface area contributed by atoms with Crippen LogP contribution in [0.15, 0.2) is 30.6 Å². The number of carbonyl (C=O) groups is 1. The third-order valence-corrected chi connectivity index (χ3v) is 2.46. The molecule has 0 aliphatic carbocycles. The molecule has 1 aromatic carbocycles. The van der Waals surface area contributed by atoms with Gasteiger partial charge in [0.2, 0.25) is 5.82 Å². The van der Waals surface area contributed by atoms with E-state index < -0.39 is 11.8 Å². The molecule has 2 aromatic rings. The SMILES string of the molecule is CCc1ncnc(Oc2cccc(C(=O)O)c2)c1F. The Morgan fingerprint density at radius 3 is 2.89 bits per heavy atom. The molecule has 0 unspecified atom stereocenters. The number of aromatic nitrogens is 2. The maximum atomic E-state index is 13.9. The third kappa shape index (κ3) is 2.85. The molecule has 0 saturated carbocycles. The van der Waals surface area contributed by atoms with Crippen molar-refractivity contribution in [1.82, 2.24) is 9.97 Å². The Kier molecular flexibility index (Phi) is 3.70. The molecule has 5 nitrogen and oxygen atoms in total. The van der Waals surface area contributed by atoms with Crippen molar-refractivity contribution in [3.8, 4) is 11.6 Å². The summed E-state index contributed by atoms with van der Waals surface area (Å²) in [5.41, 5.74) is 0.307. The molecule has 0 bridgehead atoms. The van der Waals surface area contributed by atoms with E-state index in [-0.39, 0.29) is 22.9 Å². The van der Waals surface area contributed by atoms with Crippen molar-refractivity contribution in [2.75, 3.05) is 0 Å². The van der Waals surface area contributed by atoms with Crippen molar-refractivity contribution < 1.29 is 19.0 Å². The fourth-order valence-corrected chi connectivity index (χ4v) is 1.51. The lowest BCUT2D eigenvalue weighted by molar-refractivity contribution is 0.0696. The summed E-state index contributed by atoms with van der Waals surface area (Å²) >= 11 is 0. The van der Waals surface area contributed by atoms with E-state index in [1.54, 1.807) is 6.92 Å². The maximum Gasteiger partial charge on any atom is 0.335 e. The number of aromatic carboxylic acids is 1. The molecule has 1 N–H and O–H groups in total. The van der Waals surface area contributed by atoms with Gasteiger partial charge in [0.15, 0.2) is 0 Å².